The summed E-state index contributed by atoms with van der Waals surface area (Å²) in [6, 6.07) is 6.13. The summed E-state index contributed by atoms with van der Waals surface area (Å²) >= 11 is 0. The standard InChI is InChI=1S/C28H34O16/c1-37-11-6-4-5-10-17(30)16-12(41-24(10)11)7-13(38-2)25(39-3)26(16)44-28-23(36)21(34)19(32)15(43-28)9-40-27-22(35)20(33)18(31)14(8-29)42-27/h4-7,14-15,18-23,27-29,31-36H,8-9H2,1-3H3. The molecule has 0 saturated carbocycles. The van der Waals surface area contributed by atoms with E-state index in [4.69, 9.17) is 37.6 Å². The van der Waals surface area contributed by atoms with Gasteiger partial charge in [0.1, 0.15) is 59.8 Å². The van der Waals surface area contributed by atoms with Gasteiger partial charge < -0.3 is 73.3 Å². The molecule has 5 rings (SSSR count). The molecule has 0 amide bonds. The van der Waals surface area contributed by atoms with Crippen molar-refractivity contribution in [1.29, 1.82) is 0 Å². The molecule has 7 N–H and O–H groups in total. The van der Waals surface area contributed by atoms with E-state index in [0.717, 1.165) is 0 Å². The van der Waals surface area contributed by atoms with Gasteiger partial charge in [-0.05, 0) is 12.1 Å². The van der Waals surface area contributed by atoms with Crippen LogP contribution in [0.4, 0.5) is 0 Å². The Labute approximate surface area is 249 Å². The quantitative estimate of drug-likeness (QED) is 0.127. The molecule has 1 aromatic heterocycles. The Morgan fingerprint density at radius 2 is 1.39 bits per heavy atom. The van der Waals surface area contributed by atoms with E-state index in [1.807, 2.05) is 0 Å². The second-order valence-corrected chi connectivity index (χ2v) is 10.2. The molecule has 2 aromatic carbocycles. The maximum atomic E-state index is 13.8. The summed E-state index contributed by atoms with van der Waals surface area (Å²) in [5.74, 6) is 0.0477. The van der Waals surface area contributed by atoms with Crippen LogP contribution in [0.2, 0.25) is 0 Å². The molecule has 2 aliphatic rings. The highest BCUT2D eigenvalue weighted by Gasteiger charge is 2.48. The van der Waals surface area contributed by atoms with Crippen LogP contribution >= 0.6 is 0 Å². The minimum atomic E-state index is -1.85. The van der Waals surface area contributed by atoms with Gasteiger partial charge in [0.05, 0.1) is 39.9 Å². The minimum absolute atomic E-state index is 0.00744. The highest BCUT2D eigenvalue weighted by atomic mass is 16.7. The van der Waals surface area contributed by atoms with Gasteiger partial charge in [0.2, 0.25) is 17.5 Å². The Kier molecular flexibility index (Phi) is 9.47. The number of aliphatic hydroxyl groups is 7. The lowest BCUT2D eigenvalue weighted by Gasteiger charge is -2.42. The van der Waals surface area contributed by atoms with Crippen molar-refractivity contribution in [2.75, 3.05) is 34.5 Å². The van der Waals surface area contributed by atoms with Crippen LogP contribution in [-0.2, 0) is 14.2 Å². The van der Waals surface area contributed by atoms with E-state index in [0.29, 0.717) is 5.75 Å². The average molecular weight is 627 g/mol. The van der Waals surface area contributed by atoms with Crippen LogP contribution in [-0.4, -0.2) is 132 Å². The first kappa shape index (κ1) is 32.1. The van der Waals surface area contributed by atoms with Gasteiger partial charge in [-0.3, -0.25) is 4.79 Å². The van der Waals surface area contributed by atoms with Crippen molar-refractivity contribution in [3.05, 3.63) is 34.5 Å². The number of methoxy groups -OCH3 is 3. The summed E-state index contributed by atoms with van der Waals surface area (Å²) in [6.45, 7) is -1.28. The van der Waals surface area contributed by atoms with Gasteiger partial charge >= 0.3 is 0 Å². The largest absolute Gasteiger partial charge is 0.493 e. The maximum Gasteiger partial charge on any atom is 0.229 e. The molecule has 2 saturated heterocycles. The Balaban J connectivity index is 1.49. The minimum Gasteiger partial charge on any atom is -0.493 e. The summed E-state index contributed by atoms with van der Waals surface area (Å²) in [7, 11) is 4.04. The van der Waals surface area contributed by atoms with E-state index < -0.39 is 80.1 Å². The van der Waals surface area contributed by atoms with Crippen LogP contribution in [0.5, 0.6) is 23.0 Å². The van der Waals surface area contributed by atoms with Crippen LogP contribution < -0.4 is 24.4 Å². The summed E-state index contributed by atoms with van der Waals surface area (Å²) in [6.07, 6.45) is -16.5. The molecule has 16 nitrogen and oxygen atoms in total. The monoisotopic (exact) mass is 626 g/mol. The third-order valence-corrected chi connectivity index (χ3v) is 7.65. The van der Waals surface area contributed by atoms with Gasteiger partial charge in [0.15, 0.2) is 29.1 Å². The van der Waals surface area contributed by atoms with E-state index in [2.05, 4.69) is 0 Å². The van der Waals surface area contributed by atoms with Gasteiger partial charge in [-0.2, -0.15) is 0 Å². The fourth-order valence-corrected chi connectivity index (χ4v) is 5.21. The van der Waals surface area contributed by atoms with Gasteiger partial charge in [-0.15, -0.1) is 0 Å². The Morgan fingerprint density at radius 3 is 2.02 bits per heavy atom. The second kappa shape index (κ2) is 13.0. The summed E-state index contributed by atoms with van der Waals surface area (Å²) in [5, 5.41) is 71.8. The number of fused-ring (bicyclic) bond motifs is 2. The fourth-order valence-electron chi connectivity index (χ4n) is 5.21. The molecule has 16 heteroatoms. The highest BCUT2D eigenvalue weighted by molar-refractivity contribution is 5.97. The van der Waals surface area contributed by atoms with E-state index in [-0.39, 0.29) is 39.2 Å². The Morgan fingerprint density at radius 1 is 0.750 bits per heavy atom. The van der Waals surface area contributed by atoms with Crippen molar-refractivity contribution >= 4 is 21.9 Å². The maximum absolute atomic E-state index is 13.8. The summed E-state index contributed by atoms with van der Waals surface area (Å²) < 4.78 is 44.7. The van der Waals surface area contributed by atoms with E-state index >= 15 is 0 Å². The molecular weight excluding hydrogens is 592 g/mol. The summed E-state index contributed by atoms with van der Waals surface area (Å²) in [5.41, 5.74) is -0.388. The zero-order chi connectivity index (χ0) is 31.9. The van der Waals surface area contributed by atoms with Crippen LogP contribution in [0, 0.1) is 0 Å². The molecule has 3 heterocycles. The molecule has 10 unspecified atom stereocenters. The van der Waals surface area contributed by atoms with Crippen LogP contribution in [0.15, 0.2) is 33.5 Å². The van der Waals surface area contributed by atoms with Crippen molar-refractivity contribution in [1.82, 2.24) is 0 Å². The van der Waals surface area contributed by atoms with Gasteiger partial charge in [-0.25, -0.2) is 0 Å². The normalized spacial score (nSPS) is 32.5. The van der Waals surface area contributed by atoms with Gasteiger partial charge in [-0.1, -0.05) is 6.07 Å². The fraction of sp³-hybridized carbons (Fsp3) is 0.536. The van der Waals surface area contributed by atoms with Crippen molar-refractivity contribution in [2.24, 2.45) is 0 Å². The Hall–Kier alpha value is -3.29. The molecule has 2 fully saturated rings. The van der Waals surface area contributed by atoms with E-state index in [1.54, 1.807) is 12.1 Å². The molecule has 44 heavy (non-hydrogen) atoms. The molecule has 2 aliphatic heterocycles. The number of rotatable bonds is 9. The Bertz CT molecular complexity index is 1520. The number of para-hydroxylation sites is 1. The van der Waals surface area contributed by atoms with Crippen LogP contribution in [0.1, 0.15) is 0 Å². The smallest absolute Gasteiger partial charge is 0.229 e. The molecular formula is C28H34O16. The summed E-state index contributed by atoms with van der Waals surface area (Å²) in [4.78, 5) is 13.8. The molecule has 242 valence electrons. The molecule has 0 aliphatic carbocycles. The van der Waals surface area contributed by atoms with Gasteiger partial charge in [0, 0.05) is 6.07 Å². The molecule has 10 atom stereocenters. The lowest BCUT2D eigenvalue weighted by Crippen LogP contribution is -2.62. The third kappa shape index (κ3) is 5.54. The van der Waals surface area contributed by atoms with Crippen LogP contribution in [0.3, 0.4) is 0 Å². The number of hydrogen-bond acceptors (Lipinski definition) is 16. The highest BCUT2D eigenvalue weighted by Crippen LogP contribution is 2.45. The van der Waals surface area contributed by atoms with Gasteiger partial charge in [0.25, 0.3) is 0 Å². The number of aliphatic hydroxyl groups excluding tert-OH is 7. The van der Waals surface area contributed by atoms with E-state index in [1.165, 1.54) is 33.5 Å². The molecule has 3 aromatic rings. The third-order valence-electron chi connectivity index (χ3n) is 7.65. The second-order valence-electron chi connectivity index (χ2n) is 10.2. The number of ether oxygens (including phenoxy) is 7. The van der Waals surface area contributed by atoms with Crippen LogP contribution in [0.25, 0.3) is 21.9 Å². The predicted octanol–water partition coefficient (Wildman–Crippen LogP) is -2.03. The molecule has 0 spiro atoms. The first-order chi connectivity index (χ1) is 21.1. The average Bonchev–Trinajstić information content (AvgIpc) is 3.03. The van der Waals surface area contributed by atoms with Crippen molar-refractivity contribution < 1.29 is 73.3 Å². The first-order valence-electron chi connectivity index (χ1n) is 13.5. The first-order valence-corrected chi connectivity index (χ1v) is 13.5. The molecule has 0 bridgehead atoms. The lowest BCUT2D eigenvalue weighted by molar-refractivity contribution is -0.323. The zero-order valence-corrected chi connectivity index (χ0v) is 23.8. The topological polar surface area (TPSA) is 236 Å². The number of benzene rings is 2. The number of hydrogen-bond donors (Lipinski definition) is 7. The van der Waals surface area contributed by atoms with E-state index in [9.17, 15) is 40.5 Å². The molecule has 0 radical (unpaired) electrons. The van der Waals surface area contributed by atoms with Crippen molar-refractivity contribution in [3.63, 3.8) is 0 Å². The van der Waals surface area contributed by atoms with Crippen molar-refractivity contribution in [3.8, 4) is 23.0 Å². The lowest BCUT2D eigenvalue weighted by atomic mass is 9.98. The predicted molar refractivity (Wildman–Crippen MR) is 147 cm³/mol. The SMILES string of the molecule is COc1cc2oc3c(OC)cccc3c(=O)c2c(OC2OC(COC3OC(CO)C(O)C(O)C3O)C(O)C(O)C2O)c1OC. The van der Waals surface area contributed by atoms with Crippen molar-refractivity contribution in [2.45, 2.75) is 61.4 Å². The zero-order valence-electron chi connectivity index (χ0n) is 23.8.